The fourth-order valence-corrected chi connectivity index (χ4v) is 4.00. The zero-order valence-corrected chi connectivity index (χ0v) is 19.1. The smallest absolute Gasteiger partial charge is 0.416 e. The molecular weight excluding hydrogens is 514 g/mol. The number of ether oxygens (including phenoxy) is 1. The Labute approximate surface area is 196 Å². The Morgan fingerprint density at radius 3 is 2.09 bits per heavy atom. The van der Waals surface area contributed by atoms with Gasteiger partial charge in [0.2, 0.25) is 10.0 Å². The number of sulfonamides is 1. The second-order valence-electron chi connectivity index (χ2n) is 6.97. The lowest BCUT2D eigenvalue weighted by molar-refractivity contribution is -0.143. The first kappa shape index (κ1) is 27.7. The number of anilines is 1. The van der Waals surface area contributed by atoms with Crippen LogP contribution in [0.4, 0.5) is 32.0 Å². The molecule has 0 aromatic heterocycles. The van der Waals surface area contributed by atoms with Crippen LogP contribution in [0.3, 0.4) is 0 Å². The van der Waals surface area contributed by atoms with Crippen LogP contribution in [0.1, 0.15) is 30.9 Å². The molecule has 2 rings (SSSR count). The molecule has 2 aromatic carbocycles. The first-order valence-electron chi connectivity index (χ1n) is 9.65. The summed E-state index contributed by atoms with van der Waals surface area (Å²) in [5, 5.41) is 1.73. The molecule has 6 nitrogen and oxygen atoms in total. The Balaban J connectivity index is 2.11. The number of amides is 1. The fourth-order valence-electron chi connectivity index (χ4n) is 2.60. The number of halogens is 7. The van der Waals surface area contributed by atoms with Crippen molar-refractivity contribution in [3.05, 3.63) is 52.5 Å². The third kappa shape index (κ3) is 7.77. The number of alkyl halides is 6. The monoisotopic (exact) mass is 532 g/mol. The Bertz CT molecular complexity index is 1100. The molecule has 0 aliphatic rings. The van der Waals surface area contributed by atoms with Gasteiger partial charge in [-0.1, -0.05) is 24.9 Å². The van der Waals surface area contributed by atoms with Crippen molar-refractivity contribution in [3.63, 3.8) is 0 Å². The van der Waals surface area contributed by atoms with Gasteiger partial charge in [-0.25, -0.2) is 13.1 Å². The highest BCUT2D eigenvalue weighted by Gasteiger charge is 2.37. The maximum absolute atomic E-state index is 12.9. The highest BCUT2D eigenvalue weighted by Crippen LogP contribution is 2.37. The van der Waals surface area contributed by atoms with Gasteiger partial charge in [-0.15, -0.1) is 0 Å². The van der Waals surface area contributed by atoms with E-state index >= 15 is 0 Å². The predicted octanol–water partition coefficient (Wildman–Crippen LogP) is 5.47. The number of carbonyl (C=O) groups is 1. The van der Waals surface area contributed by atoms with Crippen molar-refractivity contribution in [1.29, 1.82) is 0 Å². The average molecular weight is 533 g/mol. The second-order valence-corrected chi connectivity index (χ2v) is 9.15. The summed E-state index contributed by atoms with van der Waals surface area (Å²) in [7, 11) is -3.83. The van der Waals surface area contributed by atoms with E-state index in [1.807, 2.05) is 12.2 Å². The van der Waals surface area contributed by atoms with Gasteiger partial charge in [0, 0.05) is 12.2 Å². The Morgan fingerprint density at radius 1 is 1.00 bits per heavy atom. The second kappa shape index (κ2) is 10.8. The van der Waals surface area contributed by atoms with Crippen LogP contribution in [0.15, 0.2) is 41.3 Å². The van der Waals surface area contributed by atoms with Crippen molar-refractivity contribution in [2.24, 2.45) is 0 Å². The molecule has 1 amide bonds. The van der Waals surface area contributed by atoms with Crippen LogP contribution in [0.2, 0.25) is 5.02 Å². The van der Waals surface area contributed by atoms with Crippen LogP contribution in [0.5, 0.6) is 5.75 Å². The molecule has 0 saturated carbocycles. The van der Waals surface area contributed by atoms with E-state index in [1.54, 1.807) is 0 Å². The Morgan fingerprint density at radius 2 is 1.59 bits per heavy atom. The van der Waals surface area contributed by atoms with Crippen LogP contribution in [0, 0.1) is 0 Å². The fraction of sp³-hybridized carbons (Fsp3) is 0.350. The lowest BCUT2D eigenvalue weighted by Crippen LogP contribution is -2.24. The molecule has 0 saturated heterocycles. The number of hydrogen-bond acceptors (Lipinski definition) is 4. The summed E-state index contributed by atoms with van der Waals surface area (Å²) in [6, 6.07) is 4.03. The molecule has 0 unspecified atom stereocenters. The summed E-state index contributed by atoms with van der Waals surface area (Å²) >= 11 is 5.98. The molecule has 0 fully saturated rings. The molecule has 2 aromatic rings. The zero-order valence-electron chi connectivity index (χ0n) is 17.5. The summed E-state index contributed by atoms with van der Waals surface area (Å²) in [6.07, 6.45) is -8.74. The van der Waals surface area contributed by atoms with E-state index < -0.39 is 51.7 Å². The topological polar surface area (TPSA) is 84.5 Å². The molecule has 0 aliphatic carbocycles. The standard InChI is InChI=1S/C20H19ClF6N2O4S/c1-2-3-6-28-34(31,32)15-4-5-17(16(21)10-15)33-11-18(30)29-14-8-12(19(22,23)24)7-13(9-14)20(25,26)27/h4-5,7-10,28H,2-3,6,11H2,1H3,(H,29,30). The molecule has 34 heavy (non-hydrogen) atoms. The molecule has 188 valence electrons. The summed E-state index contributed by atoms with van der Waals surface area (Å²) in [6.45, 7) is 1.29. The van der Waals surface area contributed by atoms with E-state index in [2.05, 4.69) is 4.72 Å². The molecule has 0 atom stereocenters. The number of nitrogens with one attached hydrogen (secondary N) is 2. The summed E-state index contributed by atoms with van der Waals surface area (Å²) in [5.74, 6) is -1.19. The number of unbranched alkanes of at least 4 members (excludes halogenated alkanes) is 1. The SMILES string of the molecule is CCCCNS(=O)(=O)c1ccc(OCC(=O)Nc2cc(C(F)(F)F)cc(C(F)(F)F)c2)c(Cl)c1. The normalized spacial score (nSPS) is 12.5. The Hall–Kier alpha value is -2.51. The lowest BCUT2D eigenvalue weighted by Gasteiger charge is -2.15. The largest absolute Gasteiger partial charge is 0.482 e. The van der Waals surface area contributed by atoms with Crippen LogP contribution in [-0.2, 0) is 27.2 Å². The minimum Gasteiger partial charge on any atom is -0.482 e. The third-order valence-corrected chi connectivity index (χ3v) is 6.02. The van der Waals surface area contributed by atoms with Crippen molar-refractivity contribution in [2.45, 2.75) is 37.0 Å². The van der Waals surface area contributed by atoms with Crippen LogP contribution in [0.25, 0.3) is 0 Å². The van der Waals surface area contributed by atoms with Gasteiger partial charge in [0.05, 0.1) is 21.0 Å². The molecule has 0 heterocycles. The van der Waals surface area contributed by atoms with Gasteiger partial charge >= 0.3 is 12.4 Å². The van der Waals surface area contributed by atoms with Gasteiger partial charge in [-0.3, -0.25) is 4.79 Å². The Kier molecular flexibility index (Phi) is 8.83. The molecule has 0 radical (unpaired) electrons. The van der Waals surface area contributed by atoms with Crippen molar-refractivity contribution in [3.8, 4) is 5.75 Å². The third-order valence-electron chi connectivity index (χ3n) is 4.27. The maximum atomic E-state index is 12.9. The number of rotatable bonds is 9. The lowest BCUT2D eigenvalue weighted by atomic mass is 10.1. The number of hydrogen-bond donors (Lipinski definition) is 2. The van der Waals surface area contributed by atoms with Crippen molar-refractivity contribution >= 4 is 33.2 Å². The van der Waals surface area contributed by atoms with Gasteiger partial charge in [0.15, 0.2) is 6.61 Å². The highest BCUT2D eigenvalue weighted by atomic mass is 35.5. The van der Waals surface area contributed by atoms with Gasteiger partial charge in [-0.2, -0.15) is 26.3 Å². The first-order valence-corrected chi connectivity index (χ1v) is 11.5. The predicted molar refractivity (Wildman–Crippen MR) is 112 cm³/mol. The van der Waals surface area contributed by atoms with Gasteiger partial charge in [0.1, 0.15) is 5.75 Å². The van der Waals surface area contributed by atoms with E-state index in [9.17, 15) is 39.6 Å². The van der Waals surface area contributed by atoms with Crippen molar-refractivity contribution < 1.29 is 44.3 Å². The number of benzene rings is 2. The van der Waals surface area contributed by atoms with E-state index in [0.29, 0.717) is 18.6 Å². The molecule has 0 aliphatic heterocycles. The summed E-state index contributed by atoms with van der Waals surface area (Å²) in [5.41, 5.74) is -3.92. The van der Waals surface area contributed by atoms with E-state index in [0.717, 1.165) is 24.6 Å². The summed E-state index contributed by atoms with van der Waals surface area (Å²) < 4.78 is 109. The van der Waals surface area contributed by atoms with Gasteiger partial charge in [0.25, 0.3) is 5.91 Å². The molecule has 2 N–H and O–H groups in total. The quantitative estimate of drug-likeness (QED) is 0.331. The number of carbonyl (C=O) groups excluding carboxylic acids is 1. The first-order chi connectivity index (χ1) is 15.6. The van der Waals surface area contributed by atoms with E-state index in [4.69, 9.17) is 16.3 Å². The maximum Gasteiger partial charge on any atom is 0.416 e. The van der Waals surface area contributed by atoms with Gasteiger partial charge in [-0.05, 0) is 42.8 Å². The minimum absolute atomic E-state index is 0.0708. The zero-order chi connectivity index (χ0) is 25.7. The highest BCUT2D eigenvalue weighted by molar-refractivity contribution is 7.89. The minimum atomic E-state index is -5.07. The average Bonchev–Trinajstić information content (AvgIpc) is 2.71. The van der Waals surface area contributed by atoms with Crippen molar-refractivity contribution in [2.75, 3.05) is 18.5 Å². The molecule has 0 spiro atoms. The van der Waals surface area contributed by atoms with Crippen LogP contribution < -0.4 is 14.8 Å². The van der Waals surface area contributed by atoms with Gasteiger partial charge < -0.3 is 10.1 Å². The van der Waals surface area contributed by atoms with E-state index in [-0.39, 0.29) is 28.3 Å². The molecule has 0 bridgehead atoms. The molecular formula is C20H19ClF6N2O4S. The summed E-state index contributed by atoms with van der Waals surface area (Å²) in [4.78, 5) is 11.9. The van der Waals surface area contributed by atoms with Crippen LogP contribution in [-0.4, -0.2) is 27.5 Å². The van der Waals surface area contributed by atoms with Crippen LogP contribution >= 0.6 is 11.6 Å². The van der Waals surface area contributed by atoms with Crippen molar-refractivity contribution in [1.82, 2.24) is 4.72 Å². The molecule has 14 heteroatoms. The van der Waals surface area contributed by atoms with E-state index in [1.165, 1.54) is 0 Å².